The lowest BCUT2D eigenvalue weighted by Gasteiger charge is -2.20. The number of hydrogen-bond acceptors (Lipinski definition) is 6. The predicted octanol–water partition coefficient (Wildman–Crippen LogP) is 3.18. The summed E-state index contributed by atoms with van der Waals surface area (Å²) in [6, 6.07) is 15.9. The van der Waals surface area contributed by atoms with Gasteiger partial charge in [0.05, 0.1) is 19.3 Å². The van der Waals surface area contributed by atoms with Crippen LogP contribution in [0, 0.1) is 0 Å². The summed E-state index contributed by atoms with van der Waals surface area (Å²) in [6.45, 7) is 1.34. The van der Waals surface area contributed by atoms with Gasteiger partial charge in [0.2, 0.25) is 5.91 Å². The first-order valence-electron chi connectivity index (χ1n) is 8.33. The van der Waals surface area contributed by atoms with Gasteiger partial charge in [-0.05, 0) is 23.3 Å². The first-order chi connectivity index (χ1) is 13.4. The molecule has 3 aromatic rings. The number of carbonyl (C=O) groups excluding carboxylic acids is 1. The van der Waals surface area contributed by atoms with Crippen molar-refractivity contribution < 1.29 is 17.9 Å². The summed E-state index contributed by atoms with van der Waals surface area (Å²) in [6.07, 6.45) is 1.23. The highest BCUT2D eigenvalue weighted by Gasteiger charge is 2.25. The second-order valence-corrected chi connectivity index (χ2v) is 8.88. The van der Waals surface area contributed by atoms with Gasteiger partial charge in [-0.1, -0.05) is 53.8 Å². The third kappa shape index (κ3) is 4.75. The summed E-state index contributed by atoms with van der Waals surface area (Å²) < 4.78 is 33.9. The van der Waals surface area contributed by atoms with Crippen molar-refractivity contribution in [3.05, 3.63) is 71.9 Å². The number of amides is 1. The first-order valence-corrected chi connectivity index (χ1v) is 10.6. The van der Waals surface area contributed by atoms with Gasteiger partial charge < -0.3 is 10.1 Å². The molecule has 7 nitrogen and oxygen atoms in total. The summed E-state index contributed by atoms with van der Waals surface area (Å²) >= 11 is 0.890. The number of carbonyl (C=O) groups is 1. The fraction of sp³-hybridized carbons (Fsp3) is 0.158. The van der Waals surface area contributed by atoms with Crippen molar-refractivity contribution >= 4 is 32.4 Å². The van der Waals surface area contributed by atoms with E-state index in [1.165, 1.54) is 13.1 Å². The Hall–Kier alpha value is -2.75. The van der Waals surface area contributed by atoms with E-state index in [-0.39, 0.29) is 15.2 Å². The maximum Gasteiger partial charge on any atom is 0.252 e. The number of aromatic nitrogens is 1. The topological polar surface area (TPSA) is 97.4 Å². The molecule has 0 saturated heterocycles. The summed E-state index contributed by atoms with van der Waals surface area (Å²) in [5.74, 6) is 0.313. The number of methoxy groups -OCH3 is 1. The number of rotatable bonds is 7. The summed E-state index contributed by atoms with van der Waals surface area (Å²) in [5, 5.41) is 2.72. The molecular weight excluding hydrogens is 398 g/mol. The fourth-order valence-electron chi connectivity index (χ4n) is 2.60. The molecule has 0 fully saturated rings. The van der Waals surface area contributed by atoms with Gasteiger partial charge in [-0.3, -0.25) is 4.79 Å². The Morgan fingerprint density at radius 3 is 2.50 bits per heavy atom. The van der Waals surface area contributed by atoms with Crippen LogP contribution in [0.15, 0.2) is 65.0 Å². The van der Waals surface area contributed by atoms with Crippen molar-refractivity contribution in [2.24, 2.45) is 0 Å². The largest absolute Gasteiger partial charge is 0.497 e. The smallest absolute Gasteiger partial charge is 0.252 e. The minimum absolute atomic E-state index is 0.0140. The van der Waals surface area contributed by atoms with Gasteiger partial charge >= 0.3 is 0 Å². The monoisotopic (exact) mass is 417 g/mol. The number of nitrogens with zero attached hydrogens (tertiary/aromatic N) is 1. The molecule has 0 saturated carbocycles. The second-order valence-electron chi connectivity index (χ2n) is 5.91. The van der Waals surface area contributed by atoms with Crippen LogP contribution in [0.2, 0.25) is 0 Å². The molecule has 9 heteroatoms. The average Bonchev–Trinajstić information content (AvgIpc) is 3.15. The van der Waals surface area contributed by atoms with Crippen molar-refractivity contribution in [2.45, 2.75) is 17.2 Å². The number of sulfonamides is 1. The van der Waals surface area contributed by atoms with Gasteiger partial charge in [-0.25, -0.2) is 13.4 Å². The van der Waals surface area contributed by atoms with Crippen molar-refractivity contribution in [2.75, 3.05) is 12.4 Å². The zero-order chi connectivity index (χ0) is 20.1. The van der Waals surface area contributed by atoms with E-state index in [1.807, 2.05) is 36.4 Å². The van der Waals surface area contributed by atoms with Crippen molar-refractivity contribution in [3.8, 4) is 5.75 Å². The lowest BCUT2D eigenvalue weighted by atomic mass is 9.99. The highest BCUT2D eigenvalue weighted by Crippen LogP contribution is 2.29. The zero-order valence-corrected chi connectivity index (χ0v) is 16.9. The number of benzene rings is 2. The van der Waals surface area contributed by atoms with Crippen LogP contribution in [0.4, 0.5) is 5.13 Å². The number of thiazole rings is 1. The molecule has 1 heterocycles. The number of nitrogens with one attached hydrogen (secondary N) is 2. The summed E-state index contributed by atoms with van der Waals surface area (Å²) in [4.78, 5) is 15.1. The predicted molar refractivity (Wildman–Crippen MR) is 108 cm³/mol. The molecule has 0 spiro atoms. The van der Waals surface area contributed by atoms with Gasteiger partial charge in [0.1, 0.15) is 5.75 Å². The number of anilines is 1. The minimum atomic E-state index is -3.88. The Bertz CT molecular complexity index is 1070. The first kappa shape index (κ1) is 20.0. The lowest BCUT2D eigenvalue weighted by molar-refractivity contribution is -0.114. The van der Waals surface area contributed by atoms with Gasteiger partial charge in [0, 0.05) is 6.92 Å². The Labute approximate surface area is 167 Å². The number of ether oxygens (including phenoxy) is 1. The van der Waals surface area contributed by atoms with Crippen molar-refractivity contribution in [3.63, 3.8) is 0 Å². The standard InChI is InChI=1S/C19H19N3O4S2/c1-13(23)21-19-20-12-17(27-19)28(24,25)22-18(14-7-4-3-5-8-14)15-9-6-10-16(11-15)26-2/h3-12,18,22H,1-2H3,(H,20,21,23)/t18-/m1/s1. The van der Waals surface area contributed by atoms with Gasteiger partial charge in [0.15, 0.2) is 9.34 Å². The van der Waals surface area contributed by atoms with Gasteiger partial charge in [-0.2, -0.15) is 4.72 Å². The van der Waals surface area contributed by atoms with E-state index in [1.54, 1.807) is 25.3 Å². The van der Waals surface area contributed by atoms with Crippen LogP contribution in [0.25, 0.3) is 0 Å². The molecule has 28 heavy (non-hydrogen) atoms. The molecule has 3 rings (SSSR count). The Balaban J connectivity index is 1.97. The Morgan fingerprint density at radius 1 is 1.11 bits per heavy atom. The maximum absolute atomic E-state index is 13.0. The molecule has 1 amide bonds. The molecule has 1 atom stereocenters. The quantitative estimate of drug-likeness (QED) is 0.615. The summed E-state index contributed by atoms with van der Waals surface area (Å²) in [5.41, 5.74) is 1.52. The lowest BCUT2D eigenvalue weighted by Crippen LogP contribution is -2.29. The minimum Gasteiger partial charge on any atom is -0.497 e. The van der Waals surface area contributed by atoms with Crippen LogP contribution in [-0.4, -0.2) is 26.4 Å². The van der Waals surface area contributed by atoms with E-state index >= 15 is 0 Å². The second kappa shape index (κ2) is 8.51. The maximum atomic E-state index is 13.0. The van der Waals surface area contributed by atoms with Crippen LogP contribution in [0.1, 0.15) is 24.1 Å². The van der Waals surface area contributed by atoms with Gasteiger partial charge in [-0.15, -0.1) is 0 Å². The highest BCUT2D eigenvalue weighted by molar-refractivity contribution is 7.91. The third-order valence-electron chi connectivity index (χ3n) is 3.87. The van der Waals surface area contributed by atoms with E-state index < -0.39 is 16.1 Å². The molecule has 146 valence electrons. The van der Waals surface area contributed by atoms with Crippen molar-refractivity contribution in [1.82, 2.24) is 9.71 Å². The molecular formula is C19H19N3O4S2. The zero-order valence-electron chi connectivity index (χ0n) is 15.2. The van der Waals surface area contributed by atoms with Crippen LogP contribution < -0.4 is 14.8 Å². The molecule has 2 aromatic carbocycles. The number of hydrogen-bond donors (Lipinski definition) is 2. The highest BCUT2D eigenvalue weighted by atomic mass is 32.2. The average molecular weight is 418 g/mol. The molecule has 0 aliphatic heterocycles. The Kier molecular flexibility index (Phi) is 6.08. The fourth-order valence-corrected chi connectivity index (χ4v) is 4.91. The molecule has 1 aromatic heterocycles. The normalized spacial score (nSPS) is 12.4. The molecule has 2 N–H and O–H groups in total. The van der Waals surface area contributed by atoms with Crippen LogP contribution in [-0.2, 0) is 14.8 Å². The van der Waals surface area contributed by atoms with E-state index in [9.17, 15) is 13.2 Å². The molecule has 0 unspecified atom stereocenters. The van der Waals surface area contributed by atoms with Crippen LogP contribution >= 0.6 is 11.3 Å². The third-order valence-corrected chi connectivity index (χ3v) is 6.66. The summed E-state index contributed by atoms with van der Waals surface area (Å²) in [7, 11) is -2.32. The van der Waals surface area contributed by atoms with E-state index in [0.717, 1.165) is 22.5 Å². The van der Waals surface area contributed by atoms with E-state index in [2.05, 4.69) is 15.0 Å². The molecule has 0 aliphatic rings. The van der Waals surface area contributed by atoms with E-state index in [0.29, 0.717) is 5.75 Å². The van der Waals surface area contributed by atoms with Crippen LogP contribution in [0.5, 0.6) is 5.75 Å². The van der Waals surface area contributed by atoms with Gasteiger partial charge in [0.25, 0.3) is 10.0 Å². The van der Waals surface area contributed by atoms with E-state index in [4.69, 9.17) is 4.74 Å². The van der Waals surface area contributed by atoms with Crippen molar-refractivity contribution in [1.29, 1.82) is 0 Å². The molecule has 0 bridgehead atoms. The SMILES string of the molecule is COc1cccc([C@H](NS(=O)(=O)c2cnc(NC(C)=O)s2)c2ccccc2)c1. The molecule has 0 radical (unpaired) electrons. The van der Waals surface area contributed by atoms with Crippen LogP contribution in [0.3, 0.4) is 0 Å². The molecule has 0 aliphatic carbocycles. The Morgan fingerprint density at radius 2 is 1.82 bits per heavy atom.